The molecule has 0 saturated carbocycles. The number of carbonyl (C=O) groups excluding carboxylic acids is 1. The maximum absolute atomic E-state index is 11.8. The molecule has 0 rings (SSSR count). The molecule has 0 fully saturated rings. The van der Waals surface area contributed by atoms with Crippen molar-refractivity contribution in [2.24, 2.45) is 17.8 Å². The minimum atomic E-state index is -0.814. The average Bonchev–Trinajstić information content (AvgIpc) is 2.33. The maximum atomic E-state index is 11.8. The summed E-state index contributed by atoms with van der Waals surface area (Å²) in [5, 5.41) is 14.6. The SMILES string of the molecule is CCC(C)C(C)NC(=O)NC[C@H](CC(=O)O)CC(C)C. The molecule has 0 aliphatic rings. The molecule has 0 aliphatic heterocycles. The topological polar surface area (TPSA) is 78.4 Å². The molecule has 0 heterocycles. The van der Waals surface area contributed by atoms with E-state index >= 15 is 0 Å². The van der Waals surface area contributed by atoms with Crippen molar-refractivity contribution in [3.8, 4) is 0 Å². The van der Waals surface area contributed by atoms with Crippen LogP contribution in [-0.4, -0.2) is 29.7 Å². The third kappa shape index (κ3) is 8.77. The summed E-state index contributed by atoms with van der Waals surface area (Å²) in [4.78, 5) is 22.6. The number of urea groups is 1. The molecular weight excluding hydrogens is 256 g/mol. The zero-order chi connectivity index (χ0) is 15.7. The summed E-state index contributed by atoms with van der Waals surface area (Å²) < 4.78 is 0. The summed E-state index contributed by atoms with van der Waals surface area (Å²) in [5.74, 6) is 0.0115. The van der Waals surface area contributed by atoms with E-state index in [1.807, 2.05) is 6.92 Å². The van der Waals surface area contributed by atoms with Gasteiger partial charge >= 0.3 is 12.0 Å². The van der Waals surface area contributed by atoms with Crippen molar-refractivity contribution in [1.29, 1.82) is 0 Å². The molecule has 0 aromatic rings. The molecule has 3 N–H and O–H groups in total. The summed E-state index contributed by atoms with van der Waals surface area (Å²) in [7, 11) is 0. The fourth-order valence-corrected chi connectivity index (χ4v) is 2.14. The van der Waals surface area contributed by atoms with Gasteiger partial charge in [-0.25, -0.2) is 4.79 Å². The minimum Gasteiger partial charge on any atom is -0.481 e. The van der Waals surface area contributed by atoms with Crippen LogP contribution in [0.1, 0.15) is 53.9 Å². The van der Waals surface area contributed by atoms with Crippen LogP contribution in [0.15, 0.2) is 0 Å². The summed E-state index contributed by atoms with van der Waals surface area (Å²) in [6.45, 7) is 10.7. The lowest BCUT2D eigenvalue weighted by Gasteiger charge is -2.22. The smallest absolute Gasteiger partial charge is 0.315 e. The van der Waals surface area contributed by atoms with Gasteiger partial charge in [-0.2, -0.15) is 0 Å². The van der Waals surface area contributed by atoms with Crippen molar-refractivity contribution in [1.82, 2.24) is 10.6 Å². The number of carboxylic acids is 1. The molecule has 0 aromatic heterocycles. The van der Waals surface area contributed by atoms with Gasteiger partial charge in [0.2, 0.25) is 0 Å². The van der Waals surface area contributed by atoms with E-state index in [1.165, 1.54) is 0 Å². The molecule has 5 nitrogen and oxygen atoms in total. The molecule has 0 spiro atoms. The highest BCUT2D eigenvalue weighted by molar-refractivity contribution is 5.74. The first-order valence-electron chi connectivity index (χ1n) is 7.52. The zero-order valence-corrected chi connectivity index (χ0v) is 13.4. The normalized spacial score (nSPS) is 15.5. The third-order valence-electron chi connectivity index (χ3n) is 3.68. The number of aliphatic carboxylic acids is 1. The molecule has 0 radical (unpaired) electrons. The second-order valence-corrected chi connectivity index (χ2v) is 6.12. The van der Waals surface area contributed by atoms with Crippen molar-refractivity contribution >= 4 is 12.0 Å². The van der Waals surface area contributed by atoms with Crippen molar-refractivity contribution in [3.63, 3.8) is 0 Å². The predicted octanol–water partition coefficient (Wildman–Crippen LogP) is 2.86. The van der Waals surface area contributed by atoms with Gasteiger partial charge < -0.3 is 15.7 Å². The van der Waals surface area contributed by atoms with E-state index in [9.17, 15) is 9.59 Å². The van der Waals surface area contributed by atoms with Crippen LogP contribution in [0.3, 0.4) is 0 Å². The Morgan fingerprint density at radius 2 is 1.75 bits per heavy atom. The number of nitrogens with one attached hydrogen (secondary N) is 2. The van der Waals surface area contributed by atoms with Crippen LogP contribution >= 0.6 is 0 Å². The summed E-state index contributed by atoms with van der Waals surface area (Å²) >= 11 is 0. The van der Waals surface area contributed by atoms with Gasteiger partial charge in [-0.3, -0.25) is 4.79 Å². The van der Waals surface area contributed by atoms with Crippen LogP contribution < -0.4 is 10.6 Å². The lowest BCUT2D eigenvalue weighted by atomic mass is 9.94. The highest BCUT2D eigenvalue weighted by atomic mass is 16.4. The molecule has 0 saturated heterocycles. The molecule has 20 heavy (non-hydrogen) atoms. The summed E-state index contributed by atoms with van der Waals surface area (Å²) in [6, 6.07) is -0.0973. The molecule has 0 bridgehead atoms. The largest absolute Gasteiger partial charge is 0.481 e. The molecule has 2 unspecified atom stereocenters. The quantitative estimate of drug-likeness (QED) is 0.610. The van der Waals surface area contributed by atoms with Gasteiger partial charge in [0.1, 0.15) is 0 Å². The minimum absolute atomic E-state index is 0.0165. The van der Waals surface area contributed by atoms with Gasteiger partial charge in [0.15, 0.2) is 0 Å². The third-order valence-corrected chi connectivity index (χ3v) is 3.68. The molecule has 2 amide bonds. The Morgan fingerprint density at radius 1 is 1.15 bits per heavy atom. The number of amides is 2. The standard InChI is InChI=1S/C15H30N2O3/c1-6-11(4)12(5)17-15(20)16-9-13(7-10(2)3)8-14(18)19/h10-13H,6-9H2,1-5H3,(H,18,19)(H2,16,17,20)/t11?,12?,13-/m0/s1. The van der Waals surface area contributed by atoms with Crippen LogP contribution in [0, 0.1) is 17.8 Å². The molecule has 118 valence electrons. The van der Waals surface area contributed by atoms with E-state index in [0.29, 0.717) is 18.4 Å². The van der Waals surface area contributed by atoms with Crippen molar-refractivity contribution in [2.75, 3.05) is 6.54 Å². The summed E-state index contributed by atoms with van der Waals surface area (Å²) in [5.41, 5.74) is 0. The predicted molar refractivity (Wildman–Crippen MR) is 80.6 cm³/mol. The Hall–Kier alpha value is -1.26. The Morgan fingerprint density at radius 3 is 2.20 bits per heavy atom. The second kappa shape index (κ2) is 9.61. The number of hydrogen-bond donors (Lipinski definition) is 3. The van der Waals surface area contributed by atoms with E-state index in [0.717, 1.165) is 12.8 Å². The van der Waals surface area contributed by atoms with Crippen LogP contribution in [0.5, 0.6) is 0 Å². The fraction of sp³-hybridized carbons (Fsp3) is 0.867. The van der Waals surface area contributed by atoms with Crippen LogP contribution in [0.25, 0.3) is 0 Å². The number of carbonyl (C=O) groups is 2. The Bertz CT molecular complexity index is 305. The Balaban J connectivity index is 4.19. The molecule has 3 atom stereocenters. The van der Waals surface area contributed by atoms with Crippen LogP contribution in [0.4, 0.5) is 4.79 Å². The second-order valence-electron chi connectivity index (χ2n) is 6.12. The van der Waals surface area contributed by atoms with Gasteiger partial charge in [0.05, 0.1) is 0 Å². The van der Waals surface area contributed by atoms with Gasteiger partial charge in [-0.05, 0) is 31.1 Å². The fourth-order valence-electron chi connectivity index (χ4n) is 2.14. The number of carboxylic acid groups (broad SMARTS) is 1. The monoisotopic (exact) mass is 286 g/mol. The Labute approximate surface area is 122 Å². The molecule has 0 aromatic carbocycles. The first-order chi connectivity index (χ1) is 9.26. The van der Waals surface area contributed by atoms with Crippen LogP contribution in [0.2, 0.25) is 0 Å². The van der Waals surface area contributed by atoms with Gasteiger partial charge in [-0.1, -0.05) is 34.1 Å². The van der Waals surface area contributed by atoms with E-state index in [2.05, 4.69) is 38.3 Å². The van der Waals surface area contributed by atoms with Crippen molar-refractivity contribution < 1.29 is 14.7 Å². The maximum Gasteiger partial charge on any atom is 0.315 e. The number of hydrogen-bond acceptors (Lipinski definition) is 2. The average molecular weight is 286 g/mol. The number of rotatable bonds is 9. The van der Waals surface area contributed by atoms with E-state index < -0.39 is 5.97 Å². The molecule has 0 aliphatic carbocycles. The van der Waals surface area contributed by atoms with Gasteiger partial charge in [-0.15, -0.1) is 0 Å². The zero-order valence-electron chi connectivity index (χ0n) is 13.4. The van der Waals surface area contributed by atoms with Crippen molar-refractivity contribution in [3.05, 3.63) is 0 Å². The van der Waals surface area contributed by atoms with Gasteiger partial charge in [0.25, 0.3) is 0 Å². The van der Waals surface area contributed by atoms with Crippen molar-refractivity contribution in [2.45, 2.75) is 59.9 Å². The molecule has 5 heteroatoms. The van der Waals surface area contributed by atoms with Crippen LogP contribution in [-0.2, 0) is 4.79 Å². The summed E-state index contributed by atoms with van der Waals surface area (Å²) in [6.07, 6.45) is 1.91. The Kier molecular flexibility index (Phi) is 9.01. The highest BCUT2D eigenvalue weighted by Gasteiger charge is 2.17. The first kappa shape index (κ1) is 18.7. The lowest BCUT2D eigenvalue weighted by Crippen LogP contribution is -2.45. The van der Waals surface area contributed by atoms with E-state index in [1.54, 1.807) is 0 Å². The first-order valence-corrected chi connectivity index (χ1v) is 7.52. The lowest BCUT2D eigenvalue weighted by molar-refractivity contribution is -0.138. The van der Waals surface area contributed by atoms with E-state index in [4.69, 9.17) is 5.11 Å². The van der Waals surface area contributed by atoms with Gasteiger partial charge in [0, 0.05) is 19.0 Å². The highest BCUT2D eigenvalue weighted by Crippen LogP contribution is 2.14. The molecular formula is C15H30N2O3. The van der Waals surface area contributed by atoms with E-state index in [-0.39, 0.29) is 24.4 Å².